The lowest BCUT2D eigenvalue weighted by atomic mass is 9.79. The highest BCUT2D eigenvalue weighted by Crippen LogP contribution is 2.44. The van der Waals surface area contributed by atoms with Gasteiger partial charge in [-0.25, -0.2) is 0 Å². The predicted molar refractivity (Wildman–Crippen MR) is 70.1 cm³/mol. The van der Waals surface area contributed by atoms with Gasteiger partial charge in [0.15, 0.2) is 0 Å². The Hall–Kier alpha value is -0.915. The quantitative estimate of drug-likeness (QED) is 0.621. The number of benzene rings is 1. The van der Waals surface area contributed by atoms with E-state index in [1.165, 1.54) is 16.7 Å². The number of likely N-dealkylation sites (N-methyl/N-ethyl adjacent to an activating group) is 1. The van der Waals surface area contributed by atoms with E-state index in [2.05, 4.69) is 58.6 Å². The van der Waals surface area contributed by atoms with Gasteiger partial charge < -0.3 is 4.90 Å². The average molecular weight is 201 g/mol. The molecule has 0 saturated carbocycles. The van der Waals surface area contributed by atoms with Crippen molar-refractivity contribution in [3.05, 3.63) is 23.8 Å². The third-order valence-corrected chi connectivity index (χ3v) is 4.01. The minimum absolute atomic E-state index is 0.275. The average Bonchev–Trinajstić information content (AvgIpc) is 2.37. The van der Waals surface area contributed by atoms with Crippen LogP contribution in [0.5, 0.6) is 0 Å². The zero-order valence-electron chi connectivity index (χ0n) is 10.5. The molecule has 0 aromatic heterocycles. The summed E-state index contributed by atoms with van der Waals surface area (Å²) in [6.07, 6.45) is 0. The number of nitrogens with zero attached hydrogens (tertiary/aromatic N) is 1. The summed E-state index contributed by atoms with van der Waals surface area (Å²) in [5.74, 6) is 0. The molecule has 1 aromatic carbocycles. The van der Waals surface area contributed by atoms with E-state index in [1.807, 2.05) is 0 Å². The van der Waals surface area contributed by atoms with Crippen molar-refractivity contribution in [2.75, 3.05) is 11.4 Å². The van der Waals surface area contributed by atoms with Crippen molar-refractivity contribution in [3.63, 3.8) is 0 Å². The molecule has 0 radical (unpaired) electrons. The third-order valence-electron chi connectivity index (χ3n) is 4.01. The van der Waals surface area contributed by atoms with E-state index in [0.717, 1.165) is 6.54 Å². The van der Waals surface area contributed by atoms with Crippen molar-refractivity contribution >= 4 is 19.0 Å². The van der Waals surface area contributed by atoms with Gasteiger partial charge in [-0.1, -0.05) is 31.4 Å². The van der Waals surface area contributed by atoms with Gasteiger partial charge in [-0.05, 0) is 25.5 Å². The van der Waals surface area contributed by atoms with Crippen LogP contribution in [-0.2, 0) is 5.41 Å². The maximum atomic E-state index is 2.51. The van der Waals surface area contributed by atoms with Crippen LogP contribution in [0.3, 0.4) is 0 Å². The maximum absolute atomic E-state index is 2.51. The number of hydrogen-bond donors (Lipinski definition) is 0. The Balaban J connectivity index is 2.59. The maximum Gasteiger partial charge on any atom is 0.139 e. The Kier molecular flexibility index (Phi) is 2.33. The molecule has 0 bridgehead atoms. The summed E-state index contributed by atoms with van der Waals surface area (Å²) in [5, 5.41) is 0. The van der Waals surface area contributed by atoms with Gasteiger partial charge in [0.05, 0.1) is 0 Å². The van der Waals surface area contributed by atoms with Crippen LogP contribution in [0.2, 0.25) is 0 Å². The number of anilines is 1. The summed E-state index contributed by atoms with van der Waals surface area (Å²) >= 11 is 0. The van der Waals surface area contributed by atoms with Gasteiger partial charge in [0, 0.05) is 23.7 Å². The Bertz CT molecular complexity index is 384. The van der Waals surface area contributed by atoms with Gasteiger partial charge in [-0.15, -0.1) is 0 Å². The van der Waals surface area contributed by atoms with Crippen molar-refractivity contribution in [3.8, 4) is 0 Å². The number of rotatable bonds is 1. The Labute approximate surface area is 93.9 Å². The topological polar surface area (TPSA) is 3.24 Å². The minimum Gasteiger partial charge on any atom is -0.368 e. The van der Waals surface area contributed by atoms with Crippen LogP contribution in [0.1, 0.15) is 33.3 Å². The molecule has 1 heterocycles. The van der Waals surface area contributed by atoms with Gasteiger partial charge in [0.1, 0.15) is 7.85 Å². The van der Waals surface area contributed by atoms with Gasteiger partial charge >= 0.3 is 0 Å². The molecule has 0 amide bonds. The lowest BCUT2D eigenvalue weighted by Gasteiger charge is -2.30. The van der Waals surface area contributed by atoms with Gasteiger partial charge in [0.2, 0.25) is 0 Å². The fraction of sp³-hybridized carbons (Fsp3) is 0.538. The van der Waals surface area contributed by atoms with Crippen LogP contribution >= 0.6 is 0 Å². The molecular formula is C13H20BN. The van der Waals surface area contributed by atoms with E-state index in [0.29, 0.717) is 6.04 Å². The molecule has 2 heteroatoms. The molecule has 1 unspecified atom stereocenters. The van der Waals surface area contributed by atoms with Crippen molar-refractivity contribution in [1.82, 2.24) is 0 Å². The summed E-state index contributed by atoms with van der Waals surface area (Å²) in [4.78, 5) is 2.51. The summed E-state index contributed by atoms with van der Waals surface area (Å²) in [5.41, 5.74) is 4.58. The van der Waals surface area contributed by atoms with Gasteiger partial charge in [-0.2, -0.15) is 0 Å². The van der Waals surface area contributed by atoms with Crippen LogP contribution in [0.15, 0.2) is 18.2 Å². The summed E-state index contributed by atoms with van der Waals surface area (Å²) in [6.45, 7) is 10.4. The second-order valence-electron chi connectivity index (χ2n) is 5.20. The predicted octanol–water partition coefficient (Wildman–Crippen LogP) is 1.45. The summed E-state index contributed by atoms with van der Waals surface area (Å²) in [7, 11) is 2.18. The monoisotopic (exact) mass is 201 g/mol. The molecule has 0 fully saturated rings. The molecule has 15 heavy (non-hydrogen) atoms. The fourth-order valence-corrected chi connectivity index (χ4v) is 2.68. The first-order valence-corrected chi connectivity index (χ1v) is 5.86. The molecule has 1 aliphatic rings. The molecule has 1 aromatic rings. The normalized spacial score (nSPS) is 22.9. The smallest absolute Gasteiger partial charge is 0.139 e. The van der Waals surface area contributed by atoms with Crippen LogP contribution < -0.4 is 10.4 Å². The highest BCUT2D eigenvalue weighted by atomic mass is 15.2. The van der Waals surface area contributed by atoms with E-state index in [1.54, 1.807) is 0 Å². The van der Waals surface area contributed by atoms with E-state index in [-0.39, 0.29) is 5.41 Å². The highest BCUT2D eigenvalue weighted by molar-refractivity contribution is 6.32. The SMILES string of the molecule is Bc1ccc2c(c1)C(C)(C)C(C)N2CC. The molecular weight excluding hydrogens is 181 g/mol. The van der Waals surface area contributed by atoms with Crippen LogP contribution in [0, 0.1) is 0 Å². The van der Waals surface area contributed by atoms with E-state index < -0.39 is 0 Å². The van der Waals surface area contributed by atoms with Crippen molar-refractivity contribution in [2.24, 2.45) is 0 Å². The largest absolute Gasteiger partial charge is 0.368 e. The first kappa shape index (κ1) is 10.6. The summed E-state index contributed by atoms with van der Waals surface area (Å²) < 4.78 is 0. The lowest BCUT2D eigenvalue weighted by Crippen LogP contribution is -2.38. The van der Waals surface area contributed by atoms with Gasteiger partial charge in [-0.3, -0.25) is 0 Å². The Morgan fingerprint density at radius 1 is 1.40 bits per heavy atom. The molecule has 1 aliphatic heterocycles. The first-order valence-electron chi connectivity index (χ1n) is 5.86. The molecule has 80 valence electrons. The van der Waals surface area contributed by atoms with Crippen molar-refractivity contribution in [1.29, 1.82) is 0 Å². The molecule has 2 rings (SSSR count). The molecule has 0 aliphatic carbocycles. The van der Waals surface area contributed by atoms with E-state index in [4.69, 9.17) is 0 Å². The Morgan fingerprint density at radius 3 is 2.67 bits per heavy atom. The van der Waals surface area contributed by atoms with Crippen LogP contribution in [0.4, 0.5) is 5.69 Å². The van der Waals surface area contributed by atoms with Crippen LogP contribution in [-0.4, -0.2) is 20.4 Å². The molecule has 1 nitrogen and oxygen atoms in total. The van der Waals surface area contributed by atoms with Crippen molar-refractivity contribution < 1.29 is 0 Å². The second kappa shape index (κ2) is 3.29. The van der Waals surface area contributed by atoms with Crippen LogP contribution in [0.25, 0.3) is 0 Å². The minimum atomic E-state index is 0.275. The van der Waals surface area contributed by atoms with E-state index in [9.17, 15) is 0 Å². The Morgan fingerprint density at radius 2 is 2.07 bits per heavy atom. The van der Waals surface area contributed by atoms with E-state index >= 15 is 0 Å². The molecule has 1 atom stereocenters. The van der Waals surface area contributed by atoms with Crippen molar-refractivity contribution in [2.45, 2.75) is 39.2 Å². The standard InChI is InChI=1S/C13H20BN/c1-5-15-9(2)13(3,4)11-8-10(14)6-7-12(11)15/h6-9H,5,14H2,1-4H3. The number of hydrogen-bond acceptors (Lipinski definition) is 1. The zero-order valence-corrected chi connectivity index (χ0v) is 10.5. The molecule has 0 N–H and O–H groups in total. The number of fused-ring (bicyclic) bond motifs is 1. The third kappa shape index (κ3) is 1.38. The molecule has 0 spiro atoms. The first-order chi connectivity index (χ1) is 6.98. The zero-order chi connectivity index (χ0) is 11.2. The summed E-state index contributed by atoms with van der Waals surface area (Å²) in [6, 6.07) is 7.44. The second-order valence-corrected chi connectivity index (χ2v) is 5.20. The van der Waals surface area contributed by atoms with Gasteiger partial charge in [0.25, 0.3) is 0 Å². The fourth-order valence-electron chi connectivity index (χ4n) is 2.68. The lowest BCUT2D eigenvalue weighted by molar-refractivity contribution is 0.445. The highest BCUT2D eigenvalue weighted by Gasteiger charge is 2.40. The molecule has 0 saturated heterocycles.